The van der Waals surface area contributed by atoms with Crippen molar-refractivity contribution in [1.82, 2.24) is 0 Å². The van der Waals surface area contributed by atoms with Crippen molar-refractivity contribution in [2.24, 2.45) is 22.7 Å². The predicted octanol–water partition coefficient (Wildman–Crippen LogP) is 4.16. The summed E-state index contributed by atoms with van der Waals surface area (Å²) in [5.74, 6) is 1.89. The van der Waals surface area contributed by atoms with E-state index in [-0.39, 0.29) is 0 Å². The van der Waals surface area contributed by atoms with Gasteiger partial charge >= 0.3 is 0 Å². The molecule has 2 rings (SSSR count). The van der Waals surface area contributed by atoms with Crippen LogP contribution in [-0.4, -0.2) is 12.0 Å². The number of aliphatic imine (C=N–C) groups is 1. The van der Waals surface area contributed by atoms with Crippen LogP contribution in [0.15, 0.2) is 16.8 Å². The Morgan fingerprint density at radius 1 is 1.44 bits per heavy atom. The Bertz CT molecular complexity index is 356. The van der Waals surface area contributed by atoms with Gasteiger partial charge in [-0.15, -0.1) is 0 Å². The summed E-state index contributed by atoms with van der Waals surface area (Å²) in [5.41, 5.74) is 1.26. The Hall–Kier alpha value is -0.920. The quantitative estimate of drug-likeness (QED) is 0.717. The maximum absolute atomic E-state index is 11.8. The van der Waals surface area contributed by atoms with E-state index >= 15 is 0 Å². The predicted molar refractivity (Wildman–Crippen MR) is 75.7 cm³/mol. The van der Waals surface area contributed by atoms with E-state index in [0.717, 1.165) is 44.9 Å². The van der Waals surface area contributed by atoms with E-state index in [2.05, 4.69) is 24.9 Å². The van der Waals surface area contributed by atoms with Crippen molar-refractivity contribution in [3.05, 3.63) is 11.8 Å². The van der Waals surface area contributed by atoms with E-state index in [4.69, 9.17) is 0 Å². The molecule has 1 fully saturated rings. The first-order valence-electron chi connectivity index (χ1n) is 7.47. The summed E-state index contributed by atoms with van der Waals surface area (Å²) in [6.07, 6.45) is 11.8. The molecule has 1 saturated carbocycles. The number of hydrogen-bond donors (Lipinski definition) is 0. The molecule has 2 nitrogen and oxygen atoms in total. The third-order valence-corrected chi connectivity index (χ3v) is 4.50. The van der Waals surface area contributed by atoms with Gasteiger partial charge in [0.2, 0.25) is 0 Å². The van der Waals surface area contributed by atoms with Gasteiger partial charge in [0.1, 0.15) is 5.78 Å². The second-order valence-corrected chi connectivity index (χ2v) is 5.80. The Kier molecular flexibility index (Phi) is 4.73. The molecular formula is C16H25NO. The van der Waals surface area contributed by atoms with Crippen LogP contribution in [0, 0.1) is 17.8 Å². The number of allylic oxidation sites excluding steroid dienone is 2. The molecule has 3 unspecified atom stereocenters. The maximum Gasteiger partial charge on any atom is 0.136 e. The lowest BCUT2D eigenvalue weighted by Crippen LogP contribution is -2.20. The van der Waals surface area contributed by atoms with Crippen LogP contribution >= 0.6 is 0 Å². The fourth-order valence-electron chi connectivity index (χ4n) is 3.35. The van der Waals surface area contributed by atoms with Crippen molar-refractivity contribution in [2.45, 2.75) is 58.8 Å². The summed E-state index contributed by atoms with van der Waals surface area (Å²) in [6.45, 7) is 4.49. The average molecular weight is 247 g/mol. The summed E-state index contributed by atoms with van der Waals surface area (Å²) in [6, 6.07) is 0. The monoisotopic (exact) mass is 247 g/mol. The molecule has 18 heavy (non-hydrogen) atoms. The van der Waals surface area contributed by atoms with E-state index < -0.39 is 0 Å². The molecule has 0 spiro atoms. The van der Waals surface area contributed by atoms with Gasteiger partial charge in [0.25, 0.3) is 0 Å². The molecule has 100 valence electrons. The lowest BCUT2D eigenvalue weighted by Gasteiger charge is -2.24. The highest BCUT2D eigenvalue weighted by atomic mass is 16.1. The molecule has 1 aliphatic carbocycles. The summed E-state index contributed by atoms with van der Waals surface area (Å²) < 4.78 is 0. The minimum absolute atomic E-state index is 0.326. The Morgan fingerprint density at radius 2 is 2.28 bits per heavy atom. The third-order valence-electron chi connectivity index (χ3n) is 4.50. The lowest BCUT2D eigenvalue weighted by molar-refractivity contribution is -0.122. The van der Waals surface area contributed by atoms with Gasteiger partial charge in [-0.3, -0.25) is 9.79 Å². The second-order valence-electron chi connectivity index (χ2n) is 5.80. The van der Waals surface area contributed by atoms with Crippen molar-refractivity contribution in [3.8, 4) is 0 Å². The van der Waals surface area contributed by atoms with E-state index in [1.807, 2.05) is 6.21 Å². The van der Waals surface area contributed by atoms with Gasteiger partial charge in [0.05, 0.1) is 0 Å². The van der Waals surface area contributed by atoms with E-state index in [1.165, 1.54) is 5.70 Å². The highest BCUT2D eigenvalue weighted by molar-refractivity contribution is 5.83. The first kappa shape index (κ1) is 13.5. The van der Waals surface area contributed by atoms with Gasteiger partial charge < -0.3 is 0 Å². The van der Waals surface area contributed by atoms with Crippen molar-refractivity contribution < 1.29 is 4.79 Å². The van der Waals surface area contributed by atoms with Gasteiger partial charge in [-0.2, -0.15) is 0 Å². The minimum Gasteiger partial charge on any atom is -0.299 e. The molecule has 0 saturated heterocycles. The fourth-order valence-corrected chi connectivity index (χ4v) is 3.35. The number of hydrogen-bond acceptors (Lipinski definition) is 2. The van der Waals surface area contributed by atoms with Gasteiger partial charge in [-0.25, -0.2) is 0 Å². The highest BCUT2D eigenvalue weighted by Gasteiger charge is 2.31. The molecule has 0 radical (unpaired) electrons. The van der Waals surface area contributed by atoms with Crippen molar-refractivity contribution >= 4 is 12.0 Å². The van der Waals surface area contributed by atoms with Crippen LogP contribution in [0.5, 0.6) is 0 Å². The summed E-state index contributed by atoms with van der Waals surface area (Å²) in [5, 5.41) is 0. The van der Waals surface area contributed by atoms with Crippen LogP contribution in [0.2, 0.25) is 0 Å². The largest absolute Gasteiger partial charge is 0.299 e. The van der Waals surface area contributed by atoms with Crippen LogP contribution < -0.4 is 0 Å². The summed E-state index contributed by atoms with van der Waals surface area (Å²) in [7, 11) is 0. The molecule has 2 heteroatoms. The van der Waals surface area contributed by atoms with Crippen molar-refractivity contribution in [2.75, 3.05) is 0 Å². The van der Waals surface area contributed by atoms with Gasteiger partial charge in [0, 0.05) is 30.2 Å². The molecule has 0 bridgehead atoms. The molecule has 0 aromatic heterocycles. The number of nitrogens with zero attached hydrogens (tertiary/aromatic N) is 1. The van der Waals surface area contributed by atoms with Crippen LogP contribution in [0.1, 0.15) is 58.8 Å². The molecule has 2 aliphatic rings. The molecule has 1 aliphatic heterocycles. The lowest BCUT2D eigenvalue weighted by atomic mass is 9.82. The van der Waals surface area contributed by atoms with Crippen LogP contribution in [-0.2, 0) is 4.79 Å². The SMILES string of the molecule is CCC(CC(C)C1CCCC1=O)C1=CCCC=N1. The summed E-state index contributed by atoms with van der Waals surface area (Å²) in [4.78, 5) is 16.4. The molecular weight excluding hydrogens is 222 g/mol. The number of Topliss-reactive ketones (excluding diaryl/α,β-unsaturated/α-hetero) is 1. The zero-order valence-corrected chi connectivity index (χ0v) is 11.7. The van der Waals surface area contributed by atoms with E-state index in [9.17, 15) is 4.79 Å². The highest BCUT2D eigenvalue weighted by Crippen LogP contribution is 2.35. The zero-order chi connectivity index (χ0) is 13.0. The smallest absolute Gasteiger partial charge is 0.136 e. The van der Waals surface area contributed by atoms with E-state index in [0.29, 0.717) is 23.5 Å². The van der Waals surface area contributed by atoms with Crippen molar-refractivity contribution in [3.63, 3.8) is 0 Å². The number of carbonyl (C=O) groups excluding carboxylic acids is 1. The van der Waals surface area contributed by atoms with E-state index in [1.54, 1.807) is 0 Å². The second kappa shape index (κ2) is 6.31. The Morgan fingerprint density at radius 3 is 2.83 bits per heavy atom. The van der Waals surface area contributed by atoms with Gasteiger partial charge in [-0.05, 0) is 44.4 Å². The fraction of sp³-hybridized carbons (Fsp3) is 0.750. The molecule has 1 heterocycles. The zero-order valence-electron chi connectivity index (χ0n) is 11.7. The average Bonchev–Trinajstić information content (AvgIpc) is 2.83. The standard InChI is InChI=1S/C16H25NO/c1-3-13(15-8-4-5-10-17-15)11-12(2)14-7-6-9-16(14)18/h8,10,12-14H,3-7,9,11H2,1-2H3. The number of rotatable bonds is 5. The number of ketones is 1. The molecule has 3 atom stereocenters. The third kappa shape index (κ3) is 3.09. The van der Waals surface area contributed by atoms with Gasteiger partial charge in [-0.1, -0.05) is 19.9 Å². The molecule has 0 N–H and O–H groups in total. The first-order chi connectivity index (χ1) is 8.72. The Balaban J connectivity index is 1.95. The maximum atomic E-state index is 11.8. The van der Waals surface area contributed by atoms with Crippen molar-refractivity contribution in [1.29, 1.82) is 0 Å². The number of carbonyl (C=O) groups is 1. The normalized spacial score (nSPS) is 27.1. The topological polar surface area (TPSA) is 29.4 Å². The molecule has 0 aromatic carbocycles. The first-order valence-corrected chi connectivity index (χ1v) is 7.47. The Labute approximate surface area is 111 Å². The van der Waals surface area contributed by atoms with Gasteiger partial charge in [0.15, 0.2) is 0 Å². The minimum atomic E-state index is 0.326. The van der Waals surface area contributed by atoms with Crippen LogP contribution in [0.25, 0.3) is 0 Å². The molecule has 0 aromatic rings. The molecule has 0 amide bonds. The van der Waals surface area contributed by atoms with Crippen LogP contribution in [0.3, 0.4) is 0 Å². The van der Waals surface area contributed by atoms with Crippen LogP contribution in [0.4, 0.5) is 0 Å². The summed E-state index contributed by atoms with van der Waals surface area (Å²) >= 11 is 0.